The minimum atomic E-state index is -1.88. The fraction of sp³-hybridized carbons (Fsp3) is 0.682. The summed E-state index contributed by atoms with van der Waals surface area (Å²) < 4.78 is 21.6. The summed E-state index contributed by atoms with van der Waals surface area (Å²) in [6.07, 6.45) is 1.67. The van der Waals surface area contributed by atoms with Crippen molar-refractivity contribution in [1.82, 2.24) is 4.31 Å². The van der Waals surface area contributed by atoms with Gasteiger partial charge in [0.2, 0.25) is 0 Å². The molecule has 0 unspecified atom stereocenters. The molecule has 0 heterocycles. The molecule has 2 atom stereocenters. The lowest BCUT2D eigenvalue weighted by Gasteiger charge is -2.38. The molecule has 1 aliphatic rings. The number of oxime groups is 1. The maximum atomic E-state index is 13.5. The molecule has 2 rings (SSSR count). The van der Waals surface area contributed by atoms with Gasteiger partial charge in [0.25, 0.3) is 0 Å². The number of benzene rings is 1. The molecule has 0 amide bonds. The van der Waals surface area contributed by atoms with Gasteiger partial charge in [0.1, 0.15) is 11.0 Å². The van der Waals surface area contributed by atoms with Crippen LogP contribution in [0, 0.1) is 0 Å². The van der Waals surface area contributed by atoms with Crippen molar-refractivity contribution in [3.63, 3.8) is 0 Å². The van der Waals surface area contributed by atoms with Crippen LogP contribution in [0.3, 0.4) is 0 Å². The van der Waals surface area contributed by atoms with Gasteiger partial charge in [0.15, 0.2) is 14.2 Å². The highest BCUT2D eigenvalue weighted by Gasteiger charge is 2.39. The molecule has 178 valence electrons. The monoisotopic (exact) mass is 487 g/mol. The van der Waals surface area contributed by atoms with Crippen LogP contribution < -0.4 is 5.73 Å². The summed E-state index contributed by atoms with van der Waals surface area (Å²) in [4.78, 5) is 0. The van der Waals surface area contributed by atoms with Crippen LogP contribution in [0.4, 0.5) is 0 Å². The highest BCUT2D eigenvalue weighted by atomic mass is 32.2. The van der Waals surface area contributed by atoms with Gasteiger partial charge in [0, 0.05) is 24.8 Å². The molecule has 0 fully saturated rings. The molecule has 0 aliphatic heterocycles. The van der Waals surface area contributed by atoms with E-state index in [1.165, 1.54) is 0 Å². The highest BCUT2D eigenvalue weighted by Crippen LogP contribution is 2.40. The quantitative estimate of drug-likeness (QED) is 0.192. The Morgan fingerprint density at radius 2 is 1.90 bits per heavy atom. The van der Waals surface area contributed by atoms with Crippen LogP contribution in [0.1, 0.15) is 70.7 Å². The SMILES string of the molecule is CC(C)(C)[S@@](=O)N(CCO[Si](C)(C)C(C)(C)C)[C@H]1CCc2c(C(N)=NO)cccc21.S. The molecule has 0 saturated carbocycles. The third kappa shape index (κ3) is 6.34. The van der Waals surface area contributed by atoms with E-state index in [4.69, 9.17) is 15.4 Å². The second kappa shape index (κ2) is 10.4. The molecule has 0 radical (unpaired) electrons. The minimum Gasteiger partial charge on any atom is -0.415 e. The van der Waals surface area contributed by atoms with E-state index in [1.54, 1.807) is 0 Å². The van der Waals surface area contributed by atoms with E-state index in [2.05, 4.69) is 49.4 Å². The van der Waals surface area contributed by atoms with Crippen molar-refractivity contribution in [3.05, 3.63) is 34.9 Å². The lowest BCUT2D eigenvalue weighted by molar-refractivity contribution is 0.230. The van der Waals surface area contributed by atoms with Crippen molar-refractivity contribution >= 4 is 38.6 Å². The van der Waals surface area contributed by atoms with Crippen LogP contribution in [0.25, 0.3) is 0 Å². The number of hydrogen-bond donors (Lipinski definition) is 2. The largest absolute Gasteiger partial charge is 0.415 e. The molecular formula is C22H41N3O3S2Si. The Balaban J connectivity index is 0.00000480. The zero-order valence-electron chi connectivity index (χ0n) is 20.3. The molecular weight excluding hydrogens is 446 g/mol. The Labute approximate surface area is 198 Å². The van der Waals surface area contributed by atoms with Crippen LogP contribution in [-0.4, -0.2) is 45.8 Å². The average molecular weight is 488 g/mol. The van der Waals surface area contributed by atoms with Crippen molar-refractivity contribution in [2.75, 3.05) is 13.2 Å². The van der Waals surface area contributed by atoms with E-state index in [1.807, 2.05) is 32.9 Å². The first-order valence-corrected chi connectivity index (χ1v) is 14.6. The Kier molecular flexibility index (Phi) is 9.42. The van der Waals surface area contributed by atoms with Gasteiger partial charge in [-0.25, -0.2) is 8.51 Å². The van der Waals surface area contributed by atoms with Gasteiger partial charge >= 0.3 is 0 Å². The number of fused-ring (bicyclic) bond motifs is 1. The van der Waals surface area contributed by atoms with Gasteiger partial charge in [0.05, 0.1) is 4.75 Å². The summed E-state index contributed by atoms with van der Waals surface area (Å²) >= 11 is 0. The first kappa shape index (κ1) is 28.2. The van der Waals surface area contributed by atoms with E-state index in [0.717, 1.165) is 29.5 Å². The van der Waals surface area contributed by atoms with Crippen molar-refractivity contribution in [2.45, 2.75) is 83.3 Å². The summed E-state index contributed by atoms with van der Waals surface area (Å²) in [7, 11) is -3.06. The normalized spacial score (nSPS) is 18.6. The van der Waals surface area contributed by atoms with Crippen LogP contribution in [0.2, 0.25) is 18.1 Å². The van der Waals surface area contributed by atoms with E-state index in [-0.39, 0.29) is 35.2 Å². The average Bonchev–Trinajstić information content (AvgIpc) is 3.06. The molecule has 9 heteroatoms. The van der Waals surface area contributed by atoms with Gasteiger partial charge < -0.3 is 15.4 Å². The Hall–Kier alpha value is -0.873. The third-order valence-electron chi connectivity index (χ3n) is 6.29. The summed E-state index contributed by atoms with van der Waals surface area (Å²) in [5.41, 5.74) is 8.86. The predicted molar refractivity (Wildman–Crippen MR) is 138 cm³/mol. The van der Waals surface area contributed by atoms with E-state index >= 15 is 0 Å². The predicted octanol–water partition coefficient (Wildman–Crippen LogP) is 4.67. The Bertz CT molecular complexity index is 817. The van der Waals surface area contributed by atoms with Gasteiger partial charge in [-0.1, -0.05) is 44.1 Å². The number of rotatable bonds is 7. The summed E-state index contributed by atoms with van der Waals surface area (Å²) in [6.45, 7) is 18.4. The zero-order chi connectivity index (χ0) is 22.9. The van der Waals surface area contributed by atoms with Crippen molar-refractivity contribution in [1.29, 1.82) is 0 Å². The molecule has 3 N–H and O–H groups in total. The second-order valence-corrected chi connectivity index (χ2v) is 17.5. The summed E-state index contributed by atoms with van der Waals surface area (Å²) in [6, 6.07) is 5.90. The fourth-order valence-electron chi connectivity index (χ4n) is 3.54. The fourth-order valence-corrected chi connectivity index (χ4v) is 5.97. The molecule has 0 saturated heterocycles. The molecule has 6 nitrogen and oxygen atoms in total. The molecule has 0 bridgehead atoms. The smallest absolute Gasteiger partial charge is 0.192 e. The minimum absolute atomic E-state index is 0. The summed E-state index contributed by atoms with van der Waals surface area (Å²) in [5, 5.41) is 12.5. The first-order valence-electron chi connectivity index (χ1n) is 10.6. The molecule has 0 aromatic heterocycles. The number of nitrogens with zero attached hydrogens (tertiary/aromatic N) is 2. The lowest BCUT2D eigenvalue weighted by Crippen LogP contribution is -2.45. The van der Waals surface area contributed by atoms with Crippen LogP contribution in [0.5, 0.6) is 0 Å². The summed E-state index contributed by atoms with van der Waals surface area (Å²) in [5.74, 6) is 0.122. The van der Waals surface area contributed by atoms with Crippen LogP contribution in [0.15, 0.2) is 23.4 Å². The van der Waals surface area contributed by atoms with E-state index in [0.29, 0.717) is 13.2 Å². The molecule has 1 aromatic rings. The maximum absolute atomic E-state index is 13.5. The molecule has 31 heavy (non-hydrogen) atoms. The van der Waals surface area contributed by atoms with Gasteiger partial charge in [-0.3, -0.25) is 0 Å². The van der Waals surface area contributed by atoms with Crippen LogP contribution in [-0.2, 0) is 21.8 Å². The molecule has 1 aromatic carbocycles. The number of nitrogens with two attached hydrogens (primary N) is 1. The maximum Gasteiger partial charge on any atom is 0.192 e. The Morgan fingerprint density at radius 1 is 1.29 bits per heavy atom. The van der Waals surface area contributed by atoms with Crippen molar-refractivity contribution in [3.8, 4) is 0 Å². The van der Waals surface area contributed by atoms with Gasteiger partial charge in [-0.05, 0) is 62.9 Å². The molecule has 0 spiro atoms. The standard InChI is InChI=1S/C22H39N3O3SSi.H2S/c1-21(2,3)29(27)25(14-15-28-30(7,8)22(4,5)6)19-13-12-16-17(19)10-9-11-18(16)20(23)24-26;/h9-11,19,26H,12-15H2,1-8H3,(H2,23,24);1H2/t19-,29+;/m0./s1. The van der Waals surface area contributed by atoms with E-state index < -0.39 is 19.3 Å². The topological polar surface area (TPSA) is 88.2 Å². The lowest BCUT2D eigenvalue weighted by atomic mass is 10.0. The third-order valence-corrected chi connectivity index (χ3v) is 12.7. The number of hydrogen-bond acceptors (Lipinski definition) is 4. The first-order chi connectivity index (χ1) is 13.7. The van der Waals surface area contributed by atoms with Gasteiger partial charge in [-0.2, -0.15) is 13.5 Å². The number of amidine groups is 1. The van der Waals surface area contributed by atoms with E-state index in [9.17, 15) is 4.21 Å². The molecule has 1 aliphatic carbocycles. The van der Waals surface area contributed by atoms with Crippen molar-refractivity contribution < 1.29 is 13.8 Å². The van der Waals surface area contributed by atoms with Crippen LogP contribution >= 0.6 is 13.5 Å². The highest BCUT2D eigenvalue weighted by molar-refractivity contribution is 7.84. The van der Waals surface area contributed by atoms with Gasteiger partial charge in [-0.15, -0.1) is 0 Å². The van der Waals surface area contributed by atoms with Crippen molar-refractivity contribution in [2.24, 2.45) is 10.9 Å². The zero-order valence-corrected chi connectivity index (χ0v) is 23.1. The second-order valence-electron chi connectivity index (χ2n) is 10.5. The Morgan fingerprint density at radius 3 is 2.42 bits per heavy atom.